The highest BCUT2D eigenvalue weighted by Crippen LogP contribution is 2.22. The van der Waals surface area contributed by atoms with Crippen molar-refractivity contribution < 1.29 is 4.42 Å². The normalized spacial score (nSPS) is 16.0. The molecule has 0 amide bonds. The Morgan fingerprint density at radius 3 is 2.77 bits per heavy atom. The zero-order chi connectivity index (χ0) is 15.7. The maximum absolute atomic E-state index is 11.5. The van der Waals surface area contributed by atoms with E-state index in [-0.39, 0.29) is 5.63 Å². The van der Waals surface area contributed by atoms with Crippen LogP contribution in [-0.4, -0.2) is 23.1 Å². The lowest BCUT2D eigenvalue weighted by molar-refractivity contribution is 0.283. The van der Waals surface area contributed by atoms with Gasteiger partial charge in [-0.15, -0.1) is 0 Å². The number of thiocarbonyl (C=S) groups is 1. The fraction of sp³-hybridized carbons (Fsp3) is 0.412. The first-order chi connectivity index (χ1) is 10.5. The van der Waals surface area contributed by atoms with E-state index in [1.807, 2.05) is 25.1 Å². The van der Waals surface area contributed by atoms with Crippen LogP contribution in [0.1, 0.15) is 25.3 Å². The molecule has 0 bridgehead atoms. The van der Waals surface area contributed by atoms with Crippen molar-refractivity contribution in [2.24, 2.45) is 5.92 Å². The third-order valence-corrected chi connectivity index (χ3v) is 4.63. The van der Waals surface area contributed by atoms with E-state index in [0.29, 0.717) is 5.58 Å². The molecular formula is C17H20N2O2S. The summed E-state index contributed by atoms with van der Waals surface area (Å²) in [7, 11) is 0. The third kappa shape index (κ3) is 3.14. The highest BCUT2D eigenvalue weighted by molar-refractivity contribution is 7.80. The minimum atomic E-state index is -0.324. The Morgan fingerprint density at radius 2 is 2.05 bits per heavy atom. The third-order valence-electron chi connectivity index (χ3n) is 4.27. The minimum Gasteiger partial charge on any atom is -0.423 e. The summed E-state index contributed by atoms with van der Waals surface area (Å²) in [6.07, 6.45) is 2.35. The van der Waals surface area contributed by atoms with E-state index in [2.05, 4.69) is 17.1 Å². The lowest BCUT2D eigenvalue weighted by Crippen LogP contribution is -2.40. The van der Waals surface area contributed by atoms with Gasteiger partial charge < -0.3 is 14.6 Å². The summed E-state index contributed by atoms with van der Waals surface area (Å²) in [5.41, 5.74) is 2.04. The Kier molecular flexibility index (Phi) is 4.16. The summed E-state index contributed by atoms with van der Waals surface area (Å²) < 4.78 is 5.27. The first kappa shape index (κ1) is 15.0. The molecule has 4 nitrogen and oxygen atoms in total. The molecule has 1 saturated heterocycles. The Bertz CT molecular complexity index is 761. The molecule has 0 radical (unpaired) electrons. The molecule has 116 valence electrons. The highest BCUT2D eigenvalue weighted by atomic mass is 32.1. The Balaban J connectivity index is 1.79. The zero-order valence-corrected chi connectivity index (χ0v) is 13.7. The first-order valence-electron chi connectivity index (χ1n) is 7.63. The number of nitrogens with zero attached hydrogens (tertiary/aromatic N) is 1. The molecule has 2 heterocycles. The highest BCUT2D eigenvalue weighted by Gasteiger charge is 2.18. The number of rotatable bonds is 1. The van der Waals surface area contributed by atoms with E-state index in [1.165, 1.54) is 18.9 Å². The van der Waals surface area contributed by atoms with Crippen molar-refractivity contribution in [1.29, 1.82) is 0 Å². The second-order valence-electron chi connectivity index (χ2n) is 6.06. The van der Waals surface area contributed by atoms with E-state index >= 15 is 0 Å². The van der Waals surface area contributed by atoms with Crippen LogP contribution in [-0.2, 0) is 0 Å². The average molecular weight is 316 g/mol. The van der Waals surface area contributed by atoms with Gasteiger partial charge in [0.1, 0.15) is 5.58 Å². The van der Waals surface area contributed by atoms with Crippen molar-refractivity contribution in [3.8, 4) is 0 Å². The number of nitrogens with one attached hydrogen (secondary N) is 1. The second-order valence-corrected chi connectivity index (χ2v) is 6.45. The largest absolute Gasteiger partial charge is 0.423 e. The molecule has 0 spiro atoms. The molecule has 1 N–H and O–H groups in total. The van der Waals surface area contributed by atoms with Crippen LogP contribution < -0.4 is 10.9 Å². The molecule has 1 fully saturated rings. The van der Waals surface area contributed by atoms with E-state index in [0.717, 1.165) is 40.8 Å². The van der Waals surface area contributed by atoms with Crippen molar-refractivity contribution in [2.45, 2.75) is 26.7 Å². The molecular weight excluding hydrogens is 296 g/mol. The van der Waals surface area contributed by atoms with E-state index < -0.39 is 0 Å². The summed E-state index contributed by atoms with van der Waals surface area (Å²) >= 11 is 5.49. The molecule has 0 atom stereocenters. The minimum absolute atomic E-state index is 0.324. The van der Waals surface area contributed by atoms with Gasteiger partial charge in [-0.2, -0.15) is 0 Å². The molecule has 1 aromatic heterocycles. The van der Waals surface area contributed by atoms with Crippen LogP contribution >= 0.6 is 12.2 Å². The van der Waals surface area contributed by atoms with Crippen molar-refractivity contribution >= 4 is 34.0 Å². The van der Waals surface area contributed by atoms with E-state index in [9.17, 15) is 4.79 Å². The van der Waals surface area contributed by atoms with Gasteiger partial charge >= 0.3 is 5.63 Å². The van der Waals surface area contributed by atoms with Crippen molar-refractivity contribution in [3.05, 3.63) is 40.2 Å². The molecule has 0 saturated carbocycles. The van der Waals surface area contributed by atoms with Crippen molar-refractivity contribution in [3.63, 3.8) is 0 Å². The van der Waals surface area contributed by atoms with Crippen molar-refractivity contribution in [2.75, 3.05) is 18.4 Å². The van der Waals surface area contributed by atoms with Gasteiger partial charge in [-0.3, -0.25) is 0 Å². The maximum atomic E-state index is 11.5. The number of hydrogen-bond donors (Lipinski definition) is 1. The molecule has 0 unspecified atom stereocenters. The number of likely N-dealkylation sites (tertiary alicyclic amines) is 1. The van der Waals surface area contributed by atoms with Crippen LogP contribution in [0.25, 0.3) is 11.0 Å². The van der Waals surface area contributed by atoms with Crippen LogP contribution in [0, 0.1) is 12.8 Å². The molecule has 3 rings (SSSR count). The van der Waals surface area contributed by atoms with E-state index in [4.69, 9.17) is 16.6 Å². The first-order valence-corrected chi connectivity index (χ1v) is 8.04. The standard InChI is InChI=1S/C17H20N2O2S/c1-11-5-7-19(8-6-11)17(22)18-13-3-4-14-12(2)9-16(20)21-15(14)10-13/h3-4,9-11H,5-8H2,1-2H3,(H,18,22). The van der Waals surface area contributed by atoms with Gasteiger partial charge in [-0.25, -0.2) is 4.79 Å². The van der Waals surface area contributed by atoms with Gasteiger partial charge in [0.05, 0.1) is 0 Å². The van der Waals surface area contributed by atoms with Gasteiger partial charge in [-0.1, -0.05) is 6.92 Å². The molecule has 1 aromatic carbocycles. The van der Waals surface area contributed by atoms with Crippen LogP contribution in [0.15, 0.2) is 33.5 Å². The van der Waals surface area contributed by atoms with Gasteiger partial charge in [0.25, 0.3) is 0 Å². The number of fused-ring (bicyclic) bond motifs is 1. The number of benzene rings is 1. The zero-order valence-electron chi connectivity index (χ0n) is 12.9. The quantitative estimate of drug-likeness (QED) is 0.644. The summed E-state index contributed by atoms with van der Waals surface area (Å²) in [6, 6.07) is 7.27. The molecule has 2 aromatic rings. The van der Waals surface area contributed by atoms with Gasteiger partial charge in [0.15, 0.2) is 5.11 Å². The summed E-state index contributed by atoms with van der Waals surface area (Å²) in [5, 5.41) is 4.94. The molecule has 5 heteroatoms. The second kappa shape index (κ2) is 6.08. The monoisotopic (exact) mass is 316 g/mol. The van der Waals surface area contributed by atoms with Crippen LogP contribution in [0.5, 0.6) is 0 Å². The molecule has 1 aliphatic rings. The van der Waals surface area contributed by atoms with Crippen LogP contribution in [0.3, 0.4) is 0 Å². The number of piperidine rings is 1. The average Bonchev–Trinajstić information content (AvgIpc) is 2.47. The number of anilines is 1. The Hall–Kier alpha value is -1.88. The predicted molar refractivity (Wildman–Crippen MR) is 93.4 cm³/mol. The lowest BCUT2D eigenvalue weighted by atomic mass is 10.00. The number of hydrogen-bond acceptors (Lipinski definition) is 3. The summed E-state index contributed by atoms with van der Waals surface area (Å²) in [6.45, 7) is 6.18. The molecule has 0 aliphatic carbocycles. The van der Waals surface area contributed by atoms with Crippen molar-refractivity contribution in [1.82, 2.24) is 4.90 Å². The van der Waals surface area contributed by atoms with Gasteiger partial charge in [0.2, 0.25) is 0 Å². The fourth-order valence-electron chi connectivity index (χ4n) is 2.82. The molecule has 1 aliphatic heterocycles. The van der Waals surface area contributed by atoms with Crippen LogP contribution in [0.2, 0.25) is 0 Å². The Morgan fingerprint density at radius 1 is 1.32 bits per heavy atom. The number of aryl methyl sites for hydroxylation is 1. The molecule has 22 heavy (non-hydrogen) atoms. The van der Waals surface area contributed by atoms with Gasteiger partial charge in [-0.05, 0) is 55.6 Å². The predicted octanol–water partition coefficient (Wildman–Crippen LogP) is 3.53. The smallest absolute Gasteiger partial charge is 0.336 e. The fourth-order valence-corrected chi connectivity index (χ4v) is 3.12. The summed E-state index contributed by atoms with van der Waals surface area (Å²) in [4.78, 5) is 13.7. The summed E-state index contributed by atoms with van der Waals surface area (Å²) in [5.74, 6) is 0.775. The topological polar surface area (TPSA) is 45.5 Å². The SMILES string of the molecule is Cc1cc(=O)oc2cc(NC(=S)N3CCC(C)CC3)ccc12. The maximum Gasteiger partial charge on any atom is 0.336 e. The lowest BCUT2D eigenvalue weighted by Gasteiger charge is -2.32. The Labute approximate surface area is 135 Å². The van der Waals surface area contributed by atoms with E-state index in [1.54, 1.807) is 0 Å². The van der Waals surface area contributed by atoms with Gasteiger partial charge in [0, 0.05) is 36.3 Å². The van der Waals surface area contributed by atoms with Crippen LogP contribution in [0.4, 0.5) is 5.69 Å².